The molecule has 1 aromatic carbocycles. The van der Waals surface area contributed by atoms with Crippen LogP contribution in [-0.4, -0.2) is 53.2 Å². The number of benzene rings is 1. The zero-order valence-electron chi connectivity index (χ0n) is 12.7. The lowest BCUT2D eigenvalue weighted by molar-refractivity contribution is -0.142. The summed E-state index contributed by atoms with van der Waals surface area (Å²) in [6.07, 6.45) is 3.17. The van der Waals surface area contributed by atoms with Crippen LogP contribution < -0.4 is 4.74 Å². The van der Waals surface area contributed by atoms with E-state index < -0.39 is 6.10 Å². The lowest BCUT2D eigenvalue weighted by Crippen LogP contribution is -2.46. The number of amides is 1. The quantitative estimate of drug-likeness (QED) is 0.863. The number of carbonyl (C=O) groups is 1. The van der Waals surface area contributed by atoms with Crippen molar-refractivity contribution in [3.63, 3.8) is 0 Å². The van der Waals surface area contributed by atoms with Crippen molar-refractivity contribution in [2.45, 2.75) is 31.5 Å². The van der Waals surface area contributed by atoms with Crippen LogP contribution in [0.1, 0.15) is 19.3 Å². The summed E-state index contributed by atoms with van der Waals surface area (Å²) in [5.41, 5.74) is 0. The Kier molecular flexibility index (Phi) is 6.86. The van der Waals surface area contributed by atoms with Crippen molar-refractivity contribution in [3.05, 3.63) is 29.3 Å². The highest BCUT2D eigenvalue weighted by Crippen LogP contribution is 2.26. The van der Waals surface area contributed by atoms with Gasteiger partial charge in [0.05, 0.1) is 5.02 Å². The summed E-state index contributed by atoms with van der Waals surface area (Å²) in [7, 11) is 0. The number of halogens is 1. The second-order valence-corrected chi connectivity index (χ2v) is 6.76. The molecule has 1 aliphatic heterocycles. The number of aliphatic hydroxyl groups is 1. The molecule has 0 unspecified atom stereocenters. The Labute approximate surface area is 140 Å². The van der Waals surface area contributed by atoms with Gasteiger partial charge in [-0.05, 0) is 30.6 Å². The molecule has 1 aliphatic rings. The van der Waals surface area contributed by atoms with Crippen molar-refractivity contribution in [2.24, 2.45) is 0 Å². The van der Waals surface area contributed by atoms with E-state index in [4.69, 9.17) is 16.3 Å². The van der Waals surface area contributed by atoms with E-state index in [1.54, 1.807) is 22.7 Å². The third-order valence-corrected chi connectivity index (χ3v) is 4.72. The molecule has 1 fully saturated rings. The molecule has 6 heteroatoms. The molecular formula is C16H22ClNO3S. The number of hydrogen-bond acceptors (Lipinski definition) is 4. The number of carbonyl (C=O) groups excluding carboxylic acids is 1. The maximum absolute atomic E-state index is 12.1. The van der Waals surface area contributed by atoms with Gasteiger partial charge >= 0.3 is 0 Å². The summed E-state index contributed by atoms with van der Waals surface area (Å²) >= 11 is 7.72. The first-order chi connectivity index (χ1) is 10.6. The van der Waals surface area contributed by atoms with Crippen molar-refractivity contribution >= 4 is 29.3 Å². The molecule has 122 valence electrons. The third kappa shape index (κ3) is 4.80. The van der Waals surface area contributed by atoms with Crippen LogP contribution >= 0.6 is 23.4 Å². The fourth-order valence-corrected chi connectivity index (χ4v) is 3.12. The maximum Gasteiger partial charge on any atom is 0.251 e. The fraction of sp³-hybridized carbons (Fsp3) is 0.562. The van der Waals surface area contributed by atoms with Crippen molar-refractivity contribution in [1.29, 1.82) is 0 Å². The van der Waals surface area contributed by atoms with Crippen LogP contribution in [0.2, 0.25) is 5.02 Å². The number of rotatable bonds is 6. The molecule has 0 radical (unpaired) electrons. The number of piperidine rings is 1. The zero-order valence-corrected chi connectivity index (χ0v) is 14.3. The van der Waals surface area contributed by atoms with Crippen molar-refractivity contribution < 1.29 is 14.6 Å². The molecule has 0 saturated carbocycles. The SMILES string of the molecule is CSCC[C@H](O)C(=O)N1CCC(Oc2ccccc2Cl)CC1. The van der Waals surface area contributed by atoms with Crippen LogP contribution in [0, 0.1) is 0 Å². The van der Waals surface area contributed by atoms with Gasteiger partial charge in [-0.25, -0.2) is 0 Å². The molecule has 0 aliphatic carbocycles. The predicted molar refractivity (Wildman–Crippen MR) is 90.7 cm³/mol. The molecule has 4 nitrogen and oxygen atoms in total. The van der Waals surface area contributed by atoms with E-state index in [-0.39, 0.29) is 12.0 Å². The highest BCUT2D eigenvalue weighted by molar-refractivity contribution is 7.98. The van der Waals surface area contributed by atoms with E-state index in [0.717, 1.165) is 18.6 Å². The van der Waals surface area contributed by atoms with Gasteiger partial charge in [0.25, 0.3) is 5.91 Å². The summed E-state index contributed by atoms with van der Waals surface area (Å²) < 4.78 is 5.90. The number of para-hydroxylation sites is 1. The molecule has 1 saturated heterocycles. The Morgan fingerprint density at radius 3 is 2.77 bits per heavy atom. The average molecular weight is 344 g/mol. The van der Waals surface area contributed by atoms with E-state index in [2.05, 4.69) is 0 Å². The van der Waals surface area contributed by atoms with Gasteiger partial charge < -0.3 is 14.7 Å². The number of aliphatic hydroxyl groups excluding tert-OH is 1. The summed E-state index contributed by atoms with van der Waals surface area (Å²) in [6.45, 7) is 1.23. The van der Waals surface area contributed by atoms with Gasteiger partial charge in [0.1, 0.15) is 18.0 Å². The van der Waals surface area contributed by atoms with Crippen LogP contribution in [0.15, 0.2) is 24.3 Å². The zero-order chi connectivity index (χ0) is 15.9. The second kappa shape index (κ2) is 8.65. The van der Waals surface area contributed by atoms with Crippen molar-refractivity contribution in [1.82, 2.24) is 4.90 Å². The van der Waals surface area contributed by atoms with Crippen LogP contribution in [-0.2, 0) is 4.79 Å². The molecule has 2 rings (SSSR count). The average Bonchev–Trinajstić information content (AvgIpc) is 2.55. The van der Waals surface area contributed by atoms with Gasteiger partial charge in [0.15, 0.2) is 0 Å². The predicted octanol–water partition coefficient (Wildman–Crippen LogP) is 2.82. The first kappa shape index (κ1) is 17.4. The van der Waals surface area contributed by atoms with Crippen molar-refractivity contribution in [2.75, 3.05) is 25.1 Å². The van der Waals surface area contributed by atoms with Gasteiger partial charge in [-0.1, -0.05) is 23.7 Å². The molecule has 0 bridgehead atoms. The highest BCUT2D eigenvalue weighted by atomic mass is 35.5. The molecule has 0 spiro atoms. The topological polar surface area (TPSA) is 49.8 Å². The molecule has 1 amide bonds. The van der Waals surface area contributed by atoms with E-state index >= 15 is 0 Å². The minimum absolute atomic E-state index is 0.0623. The highest BCUT2D eigenvalue weighted by Gasteiger charge is 2.27. The monoisotopic (exact) mass is 343 g/mol. The molecule has 1 heterocycles. The second-order valence-electron chi connectivity index (χ2n) is 5.37. The number of ether oxygens (including phenoxy) is 1. The van der Waals surface area contributed by atoms with Crippen LogP contribution in [0.25, 0.3) is 0 Å². The summed E-state index contributed by atoms with van der Waals surface area (Å²) in [4.78, 5) is 13.9. The van der Waals surface area contributed by atoms with E-state index in [0.29, 0.717) is 30.3 Å². The van der Waals surface area contributed by atoms with Gasteiger partial charge in [-0.15, -0.1) is 0 Å². The lowest BCUT2D eigenvalue weighted by atomic mass is 10.1. The minimum Gasteiger partial charge on any atom is -0.489 e. The summed E-state index contributed by atoms with van der Waals surface area (Å²) in [5, 5.41) is 10.5. The normalized spacial score (nSPS) is 17.3. The Bertz CT molecular complexity index is 492. The lowest BCUT2D eigenvalue weighted by Gasteiger charge is -2.33. The molecule has 22 heavy (non-hydrogen) atoms. The molecule has 1 aromatic rings. The van der Waals surface area contributed by atoms with E-state index in [1.165, 1.54) is 0 Å². The number of hydrogen-bond donors (Lipinski definition) is 1. The molecule has 1 N–H and O–H groups in total. The Morgan fingerprint density at radius 1 is 1.45 bits per heavy atom. The van der Waals surface area contributed by atoms with Crippen molar-refractivity contribution in [3.8, 4) is 5.75 Å². The van der Waals surface area contributed by atoms with Crippen LogP contribution in [0.5, 0.6) is 5.75 Å². The number of likely N-dealkylation sites (tertiary alicyclic amines) is 1. The summed E-state index contributed by atoms with van der Waals surface area (Å²) in [5.74, 6) is 1.32. The standard InChI is InChI=1S/C16H22ClNO3S/c1-22-11-8-14(19)16(20)18-9-6-12(7-10-18)21-15-5-3-2-4-13(15)17/h2-5,12,14,19H,6-11H2,1H3/t14-/m0/s1. The van der Waals surface area contributed by atoms with Crippen LogP contribution in [0.4, 0.5) is 0 Å². The van der Waals surface area contributed by atoms with Crippen LogP contribution in [0.3, 0.4) is 0 Å². The summed E-state index contributed by atoms with van der Waals surface area (Å²) in [6, 6.07) is 7.41. The molecule has 0 aromatic heterocycles. The maximum atomic E-state index is 12.1. The smallest absolute Gasteiger partial charge is 0.251 e. The fourth-order valence-electron chi connectivity index (χ4n) is 2.48. The van der Waals surface area contributed by atoms with E-state index in [9.17, 15) is 9.90 Å². The third-order valence-electron chi connectivity index (χ3n) is 3.76. The Balaban J connectivity index is 1.80. The minimum atomic E-state index is -0.881. The van der Waals surface area contributed by atoms with Gasteiger partial charge in [-0.3, -0.25) is 4.79 Å². The molecule has 1 atom stereocenters. The largest absolute Gasteiger partial charge is 0.489 e. The first-order valence-corrected chi connectivity index (χ1v) is 9.26. The van der Waals surface area contributed by atoms with E-state index in [1.807, 2.05) is 24.5 Å². The first-order valence-electron chi connectivity index (χ1n) is 7.48. The number of thioether (sulfide) groups is 1. The van der Waals surface area contributed by atoms with Gasteiger partial charge in [-0.2, -0.15) is 11.8 Å². The molecular weight excluding hydrogens is 322 g/mol. The van der Waals surface area contributed by atoms with Gasteiger partial charge in [0.2, 0.25) is 0 Å². The number of nitrogens with zero attached hydrogens (tertiary/aromatic N) is 1. The Morgan fingerprint density at radius 2 is 2.14 bits per heavy atom. The van der Waals surface area contributed by atoms with Gasteiger partial charge in [0, 0.05) is 25.9 Å². The Hall–Kier alpha value is -0.910.